The number of alkyl halides is 2. The third-order valence-corrected chi connectivity index (χ3v) is 9.62. The number of unbranched alkanes of at least 4 members (excludes halogenated alkanes) is 4. The molecule has 0 radical (unpaired) electrons. The number of carbonyl (C=O) groups is 3. The summed E-state index contributed by atoms with van der Waals surface area (Å²) in [7, 11) is 0. The van der Waals surface area contributed by atoms with Gasteiger partial charge in [-0.1, -0.05) is 96.0 Å². The van der Waals surface area contributed by atoms with Crippen molar-refractivity contribution in [3.63, 3.8) is 0 Å². The van der Waals surface area contributed by atoms with Crippen LogP contribution in [0.2, 0.25) is 0 Å². The number of hydrogen-bond donors (Lipinski definition) is 0. The average Bonchev–Trinajstić information content (AvgIpc) is 3.13. The van der Waals surface area contributed by atoms with Crippen LogP contribution in [0.5, 0.6) is 5.75 Å². The van der Waals surface area contributed by atoms with Gasteiger partial charge in [-0.3, -0.25) is 9.59 Å². The van der Waals surface area contributed by atoms with Gasteiger partial charge in [0.1, 0.15) is 11.5 Å². The molecule has 2 aromatic carbocycles. The quantitative estimate of drug-likeness (QED) is 0.0948. The predicted molar refractivity (Wildman–Crippen MR) is 162 cm³/mol. The summed E-state index contributed by atoms with van der Waals surface area (Å²) in [6.45, 7) is 2.17. The second-order valence-corrected chi connectivity index (χ2v) is 15.7. The van der Waals surface area contributed by atoms with E-state index in [0.717, 1.165) is 25.7 Å². The van der Waals surface area contributed by atoms with E-state index in [4.69, 9.17) is 9.47 Å². The molecule has 0 saturated heterocycles. The number of ketones is 2. The Morgan fingerprint density at radius 1 is 1.00 bits per heavy atom. The standard InChI is InChI=1S/C28H23I3O5/c1-2-3-4-5-6-11-20(32)17-12-13-21-24(25(17)29)28(18-10-8-7-9-16(18)26(34)36-28)19-15-27(30,31)23(33)14-22(19)35-21/h7-10,12-15H,2-6,11H2,1H3. The van der Waals surface area contributed by atoms with Gasteiger partial charge in [0.25, 0.3) is 0 Å². The van der Waals surface area contributed by atoms with E-state index in [-0.39, 0.29) is 11.6 Å². The lowest BCUT2D eigenvalue weighted by Gasteiger charge is -2.41. The van der Waals surface area contributed by atoms with Crippen molar-refractivity contribution in [2.45, 2.75) is 52.5 Å². The Balaban J connectivity index is 1.68. The number of halogens is 3. The molecule has 0 bridgehead atoms. The highest BCUT2D eigenvalue weighted by atomic mass is 127. The number of esters is 1. The van der Waals surface area contributed by atoms with Gasteiger partial charge in [-0.25, -0.2) is 4.79 Å². The molecule has 0 fully saturated rings. The molecular weight excluding hydrogens is 797 g/mol. The summed E-state index contributed by atoms with van der Waals surface area (Å²) in [6.07, 6.45) is 9.11. The molecule has 0 saturated carbocycles. The fourth-order valence-electron chi connectivity index (χ4n) is 5.04. The fraction of sp³-hybridized carbons (Fsp3) is 0.321. The number of benzene rings is 2. The zero-order valence-electron chi connectivity index (χ0n) is 19.5. The normalized spacial score (nSPS) is 21.1. The van der Waals surface area contributed by atoms with Gasteiger partial charge in [-0.15, -0.1) is 0 Å². The third kappa shape index (κ3) is 4.28. The topological polar surface area (TPSA) is 69.7 Å². The first kappa shape index (κ1) is 26.3. The van der Waals surface area contributed by atoms with Crippen molar-refractivity contribution in [2.75, 3.05) is 0 Å². The Labute approximate surface area is 250 Å². The molecule has 3 aliphatic rings. The van der Waals surface area contributed by atoms with Crippen LogP contribution in [0.15, 0.2) is 59.9 Å². The number of fused-ring (bicyclic) bond motifs is 6. The number of ether oxygens (including phenoxy) is 2. The zero-order valence-corrected chi connectivity index (χ0v) is 26.0. The molecule has 0 amide bonds. The molecule has 1 unspecified atom stereocenters. The average molecular weight is 820 g/mol. The van der Waals surface area contributed by atoms with Crippen LogP contribution in [0.4, 0.5) is 0 Å². The van der Waals surface area contributed by atoms with Crippen LogP contribution >= 0.6 is 67.8 Å². The molecule has 2 heterocycles. The van der Waals surface area contributed by atoms with Gasteiger partial charge in [-0.2, -0.15) is 0 Å². The summed E-state index contributed by atoms with van der Waals surface area (Å²) in [5.41, 5.74) is 1.71. The molecule has 0 aromatic heterocycles. The van der Waals surface area contributed by atoms with Crippen LogP contribution in [-0.4, -0.2) is 19.0 Å². The highest BCUT2D eigenvalue weighted by Crippen LogP contribution is 2.58. The van der Waals surface area contributed by atoms with E-state index in [2.05, 4.69) is 74.7 Å². The Hall–Kier alpha value is -1.28. The third-order valence-electron chi connectivity index (χ3n) is 6.82. The molecule has 1 spiro atoms. The monoisotopic (exact) mass is 820 g/mol. The van der Waals surface area contributed by atoms with Crippen molar-refractivity contribution < 1.29 is 23.9 Å². The molecule has 2 aliphatic heterocycles. The van der Waals surface area contributed by atoms with Gasteiger partial charge < -0.3 is 9.47 Å². The number of allylic oxidation sites excluding steroid dienone is 2. The number of rotatable bonds is 7. The van der Waals surface area contributed by atoms with Crippen LogP contribution in [-0.2, 0) is 15.1 Å². The Morgan fingerprint density at radius 3 is 2.53 bits per heavy atom. The van der Waals surface area contributed by atoms with Gasteiger partial charge in [0.2, 0.25) is 0 Å². The summed E-state index contributed by atoms with van der Waals surface area (Å²) in [6, 6.07) is 10.8. The highest BCUT2D eigenvalue weighted by molar-refractivity contribution is 14.2. The first-order valence-corrected chi connectivity index (χ1v) is 15.2. The zero-order chi connectivity index (χ0) is 25.7. The minimum absolute atomic E-state index is 0.0673. The smallest absolute Gasteiger partial charge is 0.340 e. The number of carbonyl (C=O) groups excluding carboxylic acids is 3. The maximum Gasteiger partial charge on any atom is 0.340 e. The van der Waals surface area contributed by atoms with Crippen molar-refractivity contribution in [1.82, 2.24) is 0 Å². The van der Waals surface area contributed by atoms with Crippen molar-refractivity contribution >= 4 is 85.3 Å². The van der Waals surface area contributed by atoms with Crippen molar-refractivity contribution in [3.8, 4) is 5.75 Å². The van der Waals surface area contributed by atoms with Gasteiger partial charge in [0.05, 0.1) is 11.1 Å². The lowest BCUT2D eigenvalue weighted by Crippen LogP contribution is -2.41. The first-order valence-electron chi connectivity index (χ1n) is 11.9. The van der Waals surface area contributed by atoms with Gasteiger partial charge in [0.15, 0.2) is 18.6 Å². The van der Waals surface area contributed by atoms with E-state index < -0.39 is 13.0 Å². The molecule has 5 nitrogen and oxygen atoms in total. The highest BCUT2D eigenvalue weighted by Gasteiger charge is 2.58. The molecule has 5 rings (SSSR count). The molecule has 8 heteroatoms. The van der Waals surface area contributed by atoms with Crippen LogP contribution in [0.3, 0.4) is 0 Å². The van der Waals surface area contributed by atoms with E-state index >= 15 is 0 Å². The van der Waals surface area contributed by atoms with Crippen molar-refractivity contribution in [2.24, 2.45) is 0 Å². The van der Waals surface area contributed by atoms with E-state index in [1.807, 2.05) is 18.2 Å². The van der Waals surface area contributed by atoms with E-state index in [1.54, 1.807) is 24.3 Å². The Morgan fingerprint density at radius 2 is 1.75 bits per heavy atom. The van der Waals surface area contributed by atoms with Crippen LogP contribution in [0.1, 0.15) is 77.3 Å². The van der Waals surface area contributed by atoms with E-state index in [9.17, 15) is 14.4 Å². The minimum Gasteiger partial charge on any atom is -0.456 e. The van der Waals surface area contributed by atoms with E-state index in [0.29, 0.717) is 49.3 Å². The van der Waals surface area contributed by atoms with Crippen LogP contribution in [0, 0.1) is 3.57 Å². The SMILES string of the molecule is CCCCCCCC(=O)c1ccc2c(c1I)C1(OC(=O)c3ccccc31)C1=CC(I)(I)C(=O)C=C1O2. The fourth-order valence-corrected chi connectivity index (χ4v) is 7.10. The molecule has 2 aromatic rings. The minimum atomic E-state index is -1.30. The molecule has 36 heavy (non-hydrogen) atoms. The number of hydrogen-bond acceptors (Lipinski definition) is 5. The molecule has 1 atom stereocenters. The van der Waals surface area contributed by atoms with Crippen molar-refractivity contribution in [1.29, 1.82) is 0 Å². The number of Topliss-reactive ketones (excluding diaryl/α,β-unsaturated/α-hetero) is 1. The first-order chi connectivity index (χ1) is 17.2. The Bertz CT molecular complexity index is 1360. The second kappa shape index (κ2) is 10.1. The lowest BCUT2D eigenvalue weighted by molar-refractivity contribution is -0.113. The molecule has 186 valence electrons. The summed E-state index contributed by atoms with van der Waals surface area (Å²) < 4.78 is 12.3. The summed E-state index contributed by atoms with van der Waals surface area (Å²) >= 11 is 6.38. The second-order valence-electron chi connectivity index (χ2n) is 9.16. The summed E-state index contributed by atoms with van der Waals surface area (Å²) in [4.78, 5) is 39.3. The van der Waals surface area contributed by atoms with Crippen molar-refractivity contribution in [3.05, 3.63) is 85.7 Å². The van der Waals surface area contributed by atoms with Gasteiger partial charge in [-0.05, 0) is 53.3 Å². The van der Waals surface area contributed by atoms with E-state index in [1.165, 1.54) is 12.5 Å². The van der Waals surface area contributed by atoms with Gasteiger partial charge >= 0.3 is 5.97 Å². The summed E-state index contributed by atoms with van der Waals surface area (Å²) in [5, 5.41) is 0. The molecular formula is C28H23I3O5. The van der Waals surface area contributed by atoms with Gasteiger partial charge in [0, 0.05) is 32.8 Å². The van der Waals surface area contributed by atoms with Crippen LogP contribution in [0.25, 0.3) is 0 Å². The maximum absolute atomic E-state index is 13.3. The van der Waals surface area contributed by atoms with Crippen LogP contribution < -0.4 is 4.74 Å². The maximum atomic E-state index is 13.3. The lowest BCUT2D eigenvalue weighted by atomic mass is 9.74. The largest absolute Gasteiger partial charge is 0.456 e. The summed E-state index contributed by atoms with van der Waals surface area (Å²) in [5.74, 6) is 0.369. The molecule has 1 aliphatic carbocycles. The predicted octanol–water partition coefficient (Wildman–Crippen LogP) is 7.60. The Kier molecular flexibility index (Phi) is 7.40. The molecule has 0 N–H and O–H groups in total.